The minimum atomic E-state index is -1.18. The van der Waals surface area contributed by atoms with Crippen LogP contribution in [0.5, 0.6) is 0 Å². The van der Waals surface area contributed by atoms with Crippen LogP contribution in [0.15, 0.2) is 42.6 Å². The van der Waals surface area contributed by atoms with Crippen molar-refractivity contribution < 1.29 is 14.7 Å². The highest BCUT2D eigenvalue weighted by Gasteiger charge is 2.27. The molecule has 2 atom stereocenters. The van der Waals surface area contributed by atoms with Gasteiger partial charge in [-0.2, -0.15) is 5.06 Å². The Hall–Kier alpha value is -1.65. The third-order valence-corrected chi connectivity index (χ3v) is 2.65. The van der Waals surface area contributed by atoms with Gasteiger partial charge in [-0.3, -0.25) is 9.63 Å². The molecule has 1 heterocycles. The fourth-order valence-electron chi connectivity index (χ4n) is 1.62. The van der Waals surface area contributed by atoms with Crippen molar-refractivity contribution in [3.8, 4) is 0 Å². The molecule has 0 saturated carbocycles. The minimum Gasteiger partial charge on any atom is -0.378 e. The summed E-state index contributed by atoms with van der Waals surface area (Å²) in [7, 11) is 0. The third kappa shape index (κ3) is 2.54. The van der Waals surface area contributed by atoms with Gasteiger partial charge in [0.15, 0.2) is 6.10 Å². The zero-order valence-electron chi connectivity index (χ0n) is 9.61. The maximum Gasteiger partial charge on any atom is 0.283 e. The van der Waals surface area contributed by atoms with Gasteiger partial charge >= 0.3 is 0 Å². The Morgan fingerprint density at radius 3 is 2.76 bits per heavy atom. The maximum atomic E-state index is 11.9. The summed E-state index contributed by atoms with van der Waals surface area (Å²) in [5, 5.41) is 11.0. The standard InChI is InChI=1S/C13H15NO3/c1-2-11-8-9-14(17-11)13(16)12(15)10-6-4-3-5-7-10/h3-9,11-12,15H,2H2,1H3/t11-,12+/m0/s1. The van der Waals surface area contributed by atoms with E-state index in [4.69, 9.17) is 4.84 Å². The van der Waals surface area contributed by atoms with Crippen molar-refractivity contribution in [2.75, 3.05) is 0 Å². The summed E-state index contributed by atoms with van der Waals surface area (Å²) in [5.74, 6) is -0.469. The van der Waals surface area contributed by atoms with E-state index in [1.165, 1.54) is 0 Å². The number of benzene rings is 1. The molecule has 0 spiro atoms. The van der Waals surface area contributed by atoms with Gasteiger partial charge in [-0.05, 0) is 18.1 Å². The molecular weight excluding hydrogens is 218 g/mol. The van der Waals surface area contributed by atoms with Crippen molar-refractivity contribution in [2.24, 2.45) is 0 Å². The second-order valence-electron chi connectivity index (χ2n) is 3.87. The zero-order valence-corrected chi connectivity index (χ0v) is 9.61. The topological polar surface area (TPSA) is 49.8 Å². The first-order valence-corrected chi connectivity index (χ1v) is 5.63. The summed E-state index contributed by atoms with van der Waals surface area (Å²) in [5.41, 5.74) is 0.564. The van der Waals surface area contributed by atoms with E-state index in [1.54, 1.807) is 36.5 Å². The van der Waals surface area contributed by atoms with Gasteiger partial charge in [0, 0.05) is 6.20 Å². The summed E-state index contributed by atoms with van der Waals surface area (Å²) in [6, 6.07) is 8.81. The first-order chi connectivity index (χ1) is 8.22. The second-order valence-corrected chi connectivity index (χ2v) is 3.87. The molecule has 0 fully saturated rings. The Kier molecular flexibility index (Phi) is 3.56. The number of carbonyl (C=O) groups is 1. The Morgan fingerprint density at radius 2 is 2.18 bits per heavy atom. The van der Waals surface area contributed by atoms with Gasteiger partial charge in [0.25, 0.3) is 5.91 Å². The molecule has 1 amide bonds. The lowest BCUT2D eigenvalue weighted by molar-refractivity contribution is -0.182. The number of amides is 1. The molecule has 17 heavy (non-hydrogen) atoms. The molecule has 0 unspecified atom stereocenters. The Bertz CT molecular complexity index is 416. The van der Waals surface area contributed by atoms with Gasteiger partial charge in [-0.15, -0.1) is 0 Å². The first kappa shape index (κ1) is 11.8. The Labute approximate surface area is 100 Å². The van der Waals surface area contributed by atoms with Crippen molar-refractivity contribution in [2.45, 2.75) is 25.6 Å². The van der Waals surface area contributed by atoms with Gasteiger partial charge in [0.1, 0.15) is 6.10 Å². The lowest BCUT2D eigenvalue weighted by atomic mass is 10.1. The van der Waals surface area contributed by atoms with E-state index in [1.807, 2.05) is 13.0 Å². The maximum absolute atomic E-state index is 11.9. The fraction of sp³-hybridized carbons (Fsp3) is 0.308. The van der Waals surface area contributed by atoms with Crippen molar-refractivity contribution in [1.29, 1.82) is 0 Å². The van der Waals surface area contributed by atoms with E-state index >= 15 is 0 Å². The highest BCUT2D eigenvalue weighted by Crippen LogP contribution is 2.20. The van der Waals surface area contributed by atoms with Crippen molar-refractivity contribution in [3.05, 3.63) is 48.2 Å². The van der Waals surface area contributed by atoms with E-state index < -0.39 is 12.0 Å². The second kappa shape index (κ2) is 5.12. The summed E-state index contributed by atoms with van der Waals surface area (Å²) in [6.45, 7) is 1.97. The summed E-state index contributed by atoms with van der Waals surface area (Å²) >= 11 is 0. The van der Waals surface area contributed by atoms with E-state index in [9.17, 15) is 9.90 Å². The monoisotopic (exact) mass is 233 g/mol. The smallest absolute Gasteiger partial charge is 0.283 e. The van der Waals surface area contributed by atoms with Crippen molar-refractivity contribution >= 4 is 5.91 Å². The molecule has 2 rings (SSSR count). The molecular formula is C13H15NO3. The number of hydrogen-bond acceptors (Lipinski definition) is 3. The van der Waals surface area contributed by atoms with Gasteiger partial charge in [0.2, 0.25) is 0 Å². The predicted molar refractivity (Wildman–Crippen MR) is 62.6 cm³/mol. The van der Waals surface area contributed by atoms with Gasteiger partial charge < -0.3 is 5.11 Å². The molecule has 1 aromatic carbocycles. The molecule has 1 aliphatic heterocycles. The molecule has 90 valence electrons. The van der Waals surface area contributed by atoms with Crippen LogP contribution in [0, 0.1) is 0 Å². The molecule has 0 bridgehead atoms. The number of nitrogens with zero attached hydrogens (tertiary/aromatic N) is 1. The molecule has 4 nitrogen and oxygen atoms in total. The number of carbonyl (C=O) groups excluding carboxylic acids is 1. The molecule has 4 heteroatoms. The number of hydroxylamine groups is 2. The van der Waals surface area contributed by atoms with Crippen LogP contribution >= 0.6 is 0 Å². The number of aliphatic hydroxyl groups is 1. The van der Waals surface area contributed by atoms with Gasteiger partial charge in [0.05, 0.1) is 0 Å². The van der Waals surface area contributed by atoms with E-state index in [-0.39, 0.29) is 6.10 Å². The van der Waals surface area contributed by atoms with Gasteiger partial charge in [-0.25, -0.2) is 0 Å². The van der Waals surface area contributed by atoms with Crippen LogP contribution in [-0.2, 0) is 9.63 Å². The highest BCUT2D eigenvalue weighted by molar-refractivity contribution is 5.82. The summed E-state index contributed by atoms with van der Waals surface area (Å²) < 4.78 is 0. The lowest BCUT2D eigenvalue weighted by Gasteiger charge is -2.19. The molecule has 0 radical (unpaired) electrons. The molecule has 1 aromatic rings. The molecule has 1 N–H and O–H groups in total. The molecule has 0 aliphatic carbocycles. The van der Waals surface area contributed by atoms with E-state index in [0.717, 1.165) is 11.5 Å². The van der Waals surface area contributed by atoms with Crippen molar-refractivity contribution in [1.82, 2.24) is 5.06 Å². The molecule has 0 saturated heterocycles. The normalized spacial score (nSPS) is 20.6. The van der Waals surface area contributed by atoms with Crippen LogP contribution in [0.4, 0.5) is 0 Å². The summed E-state index contributed by atoms with van der Waals surface area (Å²) in [4.78, 5) is 17.2. The van der Waals surface area contributed by atoms with Crippen LogP contribution in [-0.4, -0.2) is 22.2 Å². The van der Waals surface area contributed by atoms with Crippen LogP contribution in [0.2, 0.25) is 0 Å². The third-order valence-electron chi connectivity index (χ3n) is 2.65. The molecule has 1 aliphatic rings. The fourth-order valence-corrected chi connectivity index (χ4v) is 1.62. The summed E-state index contributed by atoms with van der Waals surface area (Å²) in [6.07, 6.45) is 2.89. The van der Waals surface area contributed by atoms with Crippen LogP contribution < -0.4 is 0 Å². The van der Waals surface area contributed by atoms with Gasteiger partial charge in [-0.1, -0.05) is 37.3 Å². The zero-order chi connectivity index (χ0) is 12.3. The van der Waals surface area contributed by atoms with Crippen LogP contribution in [0.25, 0.3) is 0 Å². The van der Waals surface area contributed by atoms with E-state index in [0.29, 0.717) is 5.56 Å². The SMILES string of the molecule is CC[C@H]1C=CN(C(=O)[C@H](O)c2ccccc2)O1. The Morgan fingerprint density at radius 1 is 1.47 bits per heavy atom. The number of hydrogen-bond donors (Lipinski definition) is 1. The average Bonchev–Trinajstić information content (AvgIpc) is 2.87. The molecule has 0 aromatic heterocycles. The van der Waals surface area contributed by atoms with Crippen molar-refractivity contribution in [3.63, 3.8) is 0 Å². The lowest BCUT2D eigenvalue weighted by Crippen LogP contribution is -2.30. The minimum absolute atomic E-state index is 0.0816. The largest absolute Gasteiger partial charge is 0.378 e. The Balaban J connectivity index is 2.04. The van der Waals surface area contributed by atoms with E-state index in [2.05, 4.69) is 0 Å². The average molecular weight is 233 g/mol. The van der Waals surface area contributed by atoms with Crippen LogP contribution in [0.1, 0.15) is 25.0 Å². The highest BCUT2D eigenvalue weighted by atomic mass is 16.7. The quantitative estimate of drug-likeness (QED) is 0.865. The van der Waals surface area contributed by atoms with Crippen LogP contribution in [0.3, 0.4) is 0 Å². The number of aliphatic hydroxyl groups excluding tert-OH is 1. The predicted octanol–water partition coefficient (Wildman–Crippen LogP) is 1.79. The number of rotatable bonds is 3. The first-order valence-electron chi connectivity index (χ1n) is 5.63.